The van der Waals surface area contributed by atoms with E-state index in [1.165, 1.54) is 57.9 Å². The molecule has 0 aliphatic carbocycles. The molecule has 0 aromatic rings. The summed E-state index contributed by atoms with van der Waals surface area (Å²) in [6.45, 7) is 1.27. The van der Waals surface area contributed by atoms with Crippen LogP contribution in [0.25, 0.3) is 0 Å². The minimum atomic E-state index is -0.198. The van der Waals surface area contributed by atoms with E-state index in [1.54, 1.807) is 0 Å². The lowest BCUT2D eigenvalue weighted by Crippen LogP contribution is -2.36. The van der Waals surface area contributed by atoms with Gasteiger partial charge in [0.15, 0.2) is 12.4 Å². The molecular formula is C17H34N5+. The summed E-state index contributed by atoms with van der Waals surface area (Å²) in [5.74, 6) is 0. The van der Waals surface area contributed by atoms with Crippen LogP contribution < -0.4 is 10.6 Å². The van der Waals surface area contributed by atoms with Crippen LogP contribution in [-0.4, -0.2) is 38.3 Å². The van der Waals surface area contributed by atoms with Crippen molar-refractivity contribution in [2.45, 2.75) is 70.4 Å². The number of rotatable bonds is 14. The van der Waals surface area contributed by atoms with Gasteiger partial charge in [-0.2, -0.15) is 10.5 Å². The molecule has 0 bridgehead atoms. The van der Waals surface area contributed by atoms with Crippen LogP contribution in [0.2, 0.25) is 0 Å². The first-order chi connectivity index (χ1) is 10.5. The van der Waals surface area contributed by atoms with Gasteiger partial charge in [0.05, 0.1) is 27.7 Å². The Labute approximate surface area is 136 Å². The van der Waals surface area contributed by atoms with E-state index in [0.29, 0.717) is 0 Å². The van der Waals surface area contributed by atoms with Gasteiger partial charge >= 0.3 is 0 Å². The maximum Gasteiger partial charge on any atom is 0.178 e. The molecule has 22 heavy (non-hydrogen) atoms. The largest absolute Gasteiger partial charge is 0.331 e. The third kappa shape index (κ3) is 14.9. The van der Waals surface area contributed by atoms with Gasteiger partial charge in [0.25, 0.3) is 0 Å². The molecule has 0 rings (SSSR count). The zero-order valence-corrected chi connectivity index (χ0v) is 14.7. The lowest BCUT2D eigenvalue weighted by atomic mass is 10.1. The maximum atomic E-state index is 8.56. The fourth-order valence-corrected chi connectivity index (χ4v) is 2.51. The first-order valence-electron chi connectivity index (χ1n) is 8.59. The van der Waals surface area contributed by atoms with Crippen LogP contribution in [0.4, 0.5) is 0 Å². The molecular weight excluding hydrogens is 274 g/mol. The number of nitrogens with zero attached hydrogens (tertiary/aromatic N) is 3. The zero-order chi connectivity index (χ0) is 16.7. The quantitative estimate of drug-likeness (QED) is 0.170. The molecule has 0 atom stereocenters. The molecule has 5 heteroatoms. The molecule has 0 unspecified atom stereocenters. The predicted octanol–water partition coefficient (Wildman–Crippen LogP) is 3.06. The normalized spacial score (nSPS) is 11.0. The second-order valence-electron chi connectivity index (χ2n) is 7.05. The highest BCUT2D eigenvalue weighted by Crippen LogP contribution is 2.11. The van der Waals surface area contributed by atoms with E-state index >= 15 is 0 Å². The van der Waals surface area contributed by atoms with Crippen molar-refractivity contribution in [2.24, 2.45) is 0 Å². The van der Waals surface area contributed by atoms with Crippen LogP contribution in [0, 0.1) is 22.9 Å². The van der Waals surface area contributed by atoms with Crippen molar-refractivity contribution < 1.29 is 4.48 Å². The fraction of sp³-hybridized carbons (Fsp3) is 0.882. The number of hydrogen-bond acceptors (Lipinski definition) is 4. The summed E-state index contributed by atoms with van der Waals surface area (Å²) in [6.07, 6.45) is 15.9. The van der Waals surface area contributed by atoms with Gasteiger partial charge in [-0.25, -0.2) is 0 Å². The molecule has 0 fully saturated rings. The van der Waals surface area contributed by atoms with Crippen molar-refractivity contribution in [1.29, 1.82) is 10.5 Å². The minimum absolute atomic E-state index is 0.198. The second kappa shape index (κ2) is 13.2. The van der Waals surface area contributed by atoms with E-state index in [9.17, 15) is 0 Å². The molecule has 0 saturated carbocycles. The van der Waals surface area contributed by atoms with Crippen molar-refractivity contribution in [1.82, 2.24) is 10.6 Å². The summed E-state index contributed by atoms with van der Waals surface area (Å²) in [5, 5.41) is 22.3. The van der Waals surface area contributed by atoms with Crippen LogP contribution in [0.1, 0.15) is 64.2 Å². The Morgan fingerprint density at radius 2 is 1.14 bits per heavy atom. The Balaban J connectivity index is 3.30. The fourth-order valence-electron chi connectivity index (χ4n) is 2.51. The molecule has 2 N–H and O–H groups in total. The number of hydrogen-bond donors (Lipinski definition) is 2. The average Bonchev–Trinajstić information content (AvgIpc) is 2.44. The summed E-state index contributed by atoms with van der Waals surface area (Å²) >= 11 is 0. The highest BCUT2D eigenvalue weighted by molar-refractivity contribution is 4.80. The summed E-state index contributed by atoms with van der Waals surface area (Å²) in [6, 6.07) is 0. The SMILES string of the molecule is C[N+](C)(C)CCCCCCCCCCCC(NC#N)NC#N. The Morgan fingerprint density at radius 1 is 0.727 bits per heavy atom. The van der Waals surface area contributed by atoms with Gasteiger partial charge in [0.2, 0.25) is 0 Å². The standard InChI is InChI=1S/C17H34N5/c1-22(2,3)14-12-10-8-6-4-5-7-9-11-13-17(20-15-18)21-16-19/h17,20-21H,4-14H2,1-3H3/q+1. The molecule has 0 radical (unpaired) electrons. The third-order valence-electron chi connectivity index (χ3n) is 3.80. The molecule has 0 aromatic carbocycles. The van der Waals surface area contributed by atoms with E-state index in [1.807, 2.05) is 12.4 Å². The van der Waals surface area contributed by atoms with Crippen LogP contribution >= 0.6 is 0 Å². The Bertz CT molecular complexity index is 318. The van der Waals surface area contributed by atoms with Crippen LogP contribution in [0.3, 0.4) is 0 Å². The van der Waals surface area contributed by atoms with E-state index in [0.717, 1.165) is 17.3 Å². The van der Waals surface area contributed by atoms with Gasteiger partial charge in [-0.05, 0) is 25.7 Å². The van der Waals surface area contributed by atoms with E-state index in [2.05, 4.69) is 31.8 Å². The number of quaternary nitrogens is 1. The smallest absolute Gasteiger partial charge is 0.178 e. The van der Waals surface area contributed by atoms with Crippen LogP contribution in [-0.2, 0) is 0 Å². The van der Waals surface area contributed by atoms with Crippen LogP contribution in [0.15, 0.2) is 0 Å². The lowest BCUT2D eigenvalue weighted by molar-refractivity contribution is -0.870. The number of nitriles is 2. The molecule has 126 valence electrons. The van der Waals surface area contributed by atoms with Gasteiger partial charge < -0.3 is 15.1 Å². The van der Waals surface area contributed by atoms with Crippen molar-refractivity contribution >= 4 is 0 Å². The molecule has 0 aliphatic heterocycles. The second-order valence-corrected chi connectivity index (χ2v) is 7.05. The summed E-state index contributed by atoms with van der Waals surface area (Å²) in [7, 11) is 6.76. The van der Waals surface area contributed by atoms with Gasteiger partial charge in [-0.15, -0.1) is 0 Å². The van der Waals surface area contributed by atoms with E-state index in [-0.39, 0.29) is 6.17 Å². The molecule has 0 aliphatic rings. The molecule has 0 spiro atoms. The number of nitrogens with one attached hydrogen (secondary N) is 2. The van der Waals surface area contributed by atoms with Gasteiger partial charge in [-0.3, -0.25) is 0 Å². The van der Waals surface area contributed by atoms with Crippen molar-refractivity contribution in [2.75, 3.05) is 27.7 Å². The zero-order valence-electron chi connectivity index (χ0n) is 14.7. The molecule has 0 saturated heterocycles. The topological polar surface area (TPSA) is 71.6 Å². The summed E-state index contributed by atoms with van der Waals surface area (Å²) in [4.78, 5) is 0. The molecule has 5 nitrogen and oxygen atoms in total. The van der Waals surface area contributed by atoms with Crippen molar-refractivity contribution in [3.63, 3.8) is 0 Å². The molecule has 0 heterocycles. The first-order valence-corrected chi connectivity index (χ1v) is 8.59. The Hall–Kier alpha value is -1.46. The Kier molecular flexibility index (Phi) is 12.3. The first kappa shape index (κ1) is 20.5. The summed E-state index contributed by atoms with van der Waals surface area (Å²) in [5.41, 5.74) is 0. The third-order valence-corrected chi connectivity index (χ3v) is 3.80. The molecule has 0 amide bonds. The van der Waals surface area contributed by atoms with Gasteiger partial charge in [0, 0.05) is 0 Å². The Morgan fingerprint density at radius 3 is 1.55 bits per heavy atom. The maximum absolute atomic E-state index is 8.56. The minimum Gasteiger partial charge on any atom is -0.331 e. The van der Waals surface area contributed by atoms with Gasteiger partial charge in [0.1, 0.15) is 6.17 Å². The van der Waals surface area contributed by atoms with Crippen LogP contribution in [0.5, 0.6) is 0 Å². The van der Waals surface area contributed by atoms with E-state index < -0.39 is 0 Å². The van der Waals surface area contributed by atoms with Gasteiger partial charge in [-0.1, -0.05) is 38.5 Å². The highest BCUT2D eigenvalue weighted by atomic mass is 15.3. The highest BCUT2D eigenvalue weighted by Gasteiger charge is 2.06. The average molecular weight is 308 g/mol. The van der Waals surface area contributed by atoms with Crippen molar-refractivity contribution in [3.05, 3.63) is 0 Å². The molecule has 0 aromatic heterocycles. The predicted molar refractivity (Wildman–Crippen MR) is 90.4 cm³/mol. The van der Waals surface area contributed by atoms with E-state index in [4.69, 9.17) is 10.5 Å². The van der Waals surface area contributed by atoms with Crippen molar-refractivity contribution in [3.8, 4) is 12.4 Å². The monoisotopic (exact) mass is 308 g/mol. The number of unbranched alkanes of at least 4 members (excludes halogenated alkanes) is 8. The summed E-state index contributed by atoms with van der Waals surface area (Å²) < 4.78 is 1.07. The lowest BCUT2D eigenvalue weighted by Gasteiger charge is -2.23.